The summed E-state index contributed by atoms with van der Waals surface area (Å²) in [6.07, 6.45) is 1.25. The lowest BCUT2D eigenvalue weighted by molar-refractivity contribution is 0.0974. The predicted molar refractivity (Wildman–Crippen MR) is 86.8 cm³/mol. The summed E-state index contributed by atoms with van der Waals surface area (Å²) in [7, 11) is 0. The van der Waals surface area contributed by atoms with Crippen LogP contribution in [0.15, 0.2) is 18.2 Å². The fourth-order valence-corrected chi connectivity index (χ4v) is 3.34. The van der Waals surface area contributed by atoms with Crippen LogP contribution < -0.4 is 5.32 Å². The first-order valence-corrected chi connectivity index (χ1v) is 7.71. The highest BCUT2D eigenvalue weighted by atomic mass is 35.5. The highest BCUT2D eigenvalue weighted by molar-refractivity contribution is 6.30. The molecular formula is C15H22Cl2FN3. The lowest BCUT2D eigenvalue weighted by atomic mass is 10.1. The zero-order valence-electron chi connectivity index (χ0n) is 12.0. The van der Waals surface area contributed by atoms with Crippen LogP contribution in [0.4, 0.5) is 4.39 Å². The standard InChI is InChI=1S/C15H21ClFN3.ClH/c16-13-1-2-15(17)12(9-13)11-19-5-7-20(8-6-19)14-3-4-18-10-14;/h1-2,9,14,18H,3-8,10-11H2;1H. The molecule has 2 fully saturated rings. The van der Waals surface area contributed by atoms with E-state index in [9.17, 15) is 4.39 Å². The molecule has 2 aliphatic rings. The molecule has 0 aliphatic carbocycles. The van der Waals surface area contributed by atoms with Gasteiger partial charge in [-0.15, -0.1) is 12.4 Å². The Labute approximate surface area is 136 Å². The van der Waals surface area contributed by atoms with Crippen LogP contribution >= 0.6 is 24.0 Å². The minimum atomic E-state index is -0.156. The molecule has 1 atom stereocenters. The SMILES string of the molecule is Cl.Fc1ccc(Cl)cc1CN1CCN(C2CCNC2)CC1. The number of hydrogen-bond donors (Lipinski definition) is 1. The number of halogens is 3. The number of piperazine rings is 1. The lowest BCUT2D eigenvalue weighted by Crippen LogP contribution is -2.50. The molecule has 21 heavy (non-hydrogen) atoms. The molecule has 2 heterocycles. The second-order valence-electron chi connectivity index (χ2n) is 5.69. The van der Waals surface area contributed by atoms with Crippen LogP contribution in [0.5, 0.6) is 0 Å². The van der Waals surface area contributed by atoms with Crippen molar-refractivity contribution in [3.63, 3.8) is 0 Å². The van der Waals surface area contributed by atoms with Crippen LogP contribution in [0.2, 0.25) is 5.02 Å². The van der Waals surface area contributed by atoms with E-state index < -0.39 is 0 Å². The highest BCUT2D eigenvalue weighted by Crippen LogP contribution is 2.18. The third kappa shape index (κ3) is 4.30. The van der Waals surface area contributed by atoms with Gasteiger partial charge in [-0.25, -0.2) is 4.39 Å². The third-order valence-corrected chi connectivity index (χ3v) is 4.59. The Kier molecular flexibility index (Phi) is 6.26. The number of benzene rings is 1. The first-order valence-electron chi connectivity index (χ1n) is 7.33. The van der Waals surface area contributed by atoms with Crippen LogP contribution in [0.3, 0.4) is 0 Å². The first-order chi connectivity index (χ1) is 9.72. The first kappa shape index (κ1) is 17.0. The lowest BCUT2D eigenvalue weighted by Gasteiger charge is -2.37. The molecule has 3 nitrogen and oxygen atoms in total. The van der Waals surface area contributed by atoms with Crippen molar-refractivity contribution in [3.8, 4) is 0 Å². The van der Waals surface area contributed by atoms with Gasteiger partial charge >= 0.3 is 0 Å². The summed E-state index contributed by atoms with van der Waals surface area (Å²) in [5.41, 5.74) is 0.702. The van der Waals surface area contributed by atoms with Gasteiger partial charge in [0, 0.05) is 55.9 Å². The van der Waals surface area contributed by atoms with E-state index >= 15 is 0 Å². The van der Waals surface area contributed by atoms with E-state index in [2.05, 4.69) is 15.1 Å². The molecule has 0 radical (unpaired) electrons. The Morgan fingerprint density at radius 1 is 1.24 bits per heavy atom. The molecule has 2 aliphatic heterocycles. The number of rotatable bonds is 3. The second kappa shape index (κ2) is 7.75. The Morgan fingerprint density at radius 2 is 2.00 bits per heavy atom. The van der Waals surface area contributed by atoms with Crippen LogP contribution in [-0.2, 0) is 6.54 Å². The van der Waals surface area contributed by atoms with Gasteiger partial charge in [0.2, 0.25) is 0 Å². The van der Waals surface area contributed by atoms with Gasteiger partial charge < -0.3 is 5.32 Å². The minimum absolute atomic E-state index is 0. The number of nitrogens with zero attached hydrogens (tertiary/aromatic N) is 2. The molecule has 0 amide bonds. The van der Waals surface area contributed by atoms with Crippen molar-refractivity contribution < 1.29 is 4.39 Å². The number of nitrogens with one attached hydrogen (secondary N) is 1. The van der Waals surface area contributed by atoms with E-state index in [0.29, 0.717) is 23.2 Å². The van der Waals surface area contributed by atoms with Gasteiger partial charge in [-0.3, -0.25) is 9.80 Å². The zero-order valence-corrected chi connectivity index (χ0v) is 13.6. The normalized spacial score (nSPS) is 24.0. The van der Waals surface area contributed by atoms with Crippen molar-refractivity contribution in [2.75, 3.05) is 39.3 Å². The Bertz CT molecular complexity index is 458. The van der Waals surface area contributed by atoms with Crippen LogP contribution in [0.1, 0.15) is 12.0 Å². The fraction of sp³-hybridized carbons (Fsp3) is 0.600. The minimum Gasteiger partial charge on any atom is -0.315 e. The maximum absolute atomic E-state index is 13.7. The maximum Gasteiger partial charge on any atom is 0.127 e. The van der Waals surface area contributed by atoms with E-state index in [-0.39, 0.29) is 18.2 Å². The molecule has 1 aromatic carbocycles. The van der Waals surface area contributed by atoms with Gasteiger partial charge in [0.1, 0.15) is 5.82 Å². The molecule has 1 N–H and O–H groups in total. The molecule has 0 saturated carbocycles. The molecule has 1 unspecified atom stereocenters. The molecule has 2 saturated heterocycles. The Morgan fingerprint density at radius 3 is 2.67 bits per heavy atom. The van der Waals surface area contributed by atoms with Crippen molar-refractivity contribution in [1.82, 2.24) is 15.1 Å². The van der Waals surface area contributed by atoms with Crippen molar-refractivity contribution in [2.24, 2.45) is 0 Å². The molecular weight excluding hydrogens is 312 g/mol. The van der Waals surface area contributed by atoms with E-state index in [4.69, 9.17) is 11.6 Å². The van der Waals surface area contributed by atoms with E-state index in [1.165, 1.54) is 12.5 Å². The van der Waals surface area contributed by atoms with Crippen molar-refractivity contribution in [2.45, 2.75) is 19.0 Å². The van der Waals surface area contributed by atoms with Gasteiger partial charge in [0.05, 0.1) is 0 Å². The van der Waals surface area contributed by atoms with Gasteiger partial charge in [-0.2, -0.15) is 0 Å². The zero-order chi connectivity index (χ0) is 13.9. The average Bonchev–Trinajstić information content (AvgIpc) is 2.98. The van der Waals surface area contributed by atoms with Crippen LogP contribution in [0.25, 0.3) is 0 Å². The monoisotopic (exact) mass is 333 g/mol. The summed E-state index contributed by atoms with van der Waals surface area (Å²) < 4.78 is 13.7. The van der Waals surface area contributed by atoms with E-state index in [1.54, 1.807) is 12.1 Å². The summed E-state index contributed by atoms with van der Waals surface area (Å²) in [5.74, 6) is -0.156. The summed E-state index contributed by atoms with van der Waals surface area (Å²) in [5, 5.41) is 4.02. The molecule has 1 aromatic rings. The van der Waals surface area contributed by atoms with Crippen molar-refractivity contribution >= 4 is 24.0 Å². The highest BCUT2D eigenvalue weighted by Gasteiger charge is 2.26. The molecule has 0 bridgehead atoms. The molecule has 6 heteroatoms. The van der Waals surface area contributed by atoms with Crippen LogP contribution in [0, 0.1) is 5.82 Å². The van der Waals surface area contributed by atoms with Gasteiger partial charge in [-0.05, 0) is 31.2 Å². The summed E-state index contributed by atoms with van der Waals surface area (Å²) >= 11 is 5.94. The van der Waals surface area contributed by atoms with E-state index in [1.807, 2.05) is 0 Å². The van der Waals surface area contributed by atoms with Crippen LogP contribution in [-0.4, -0.2) is 55.1 Å². The van der Waals surface area contributed by atoms with Crippen molar-refractivity contribution in [1.29, 1.82) is 0 Å². The third-order valence-electron chi connectivity index (χ3n) is 4.36. The molecule has 118 valence electrons. The maximum atomic E-state index is 13.7. The quantitative estimate of drug-likeness (QED) is 0.916. The summed E-state index contributed by atoms with van der Waals surface area (Å²) in [6.45, 7) is 7.07. The molecule has 0 spiro atoms. The summed E-state index contributed by atoms with van der Waals surface area (Å²) in [6, 6.07) is 5.49. The smallest absolute Gasteiger partial charge is 0.127 e. The fourth-order valence-electron chi connectivity index (χ4n) is 3.14. The topological polar surface area (TPSA) is 18.5 Å². The van der Waals surface area contributed by atoms with Crippen molar-refractivity contribution in [3.05, 3.63) is 34.6 Å². The average molecular weight is 334 g/mol. The van der Waals surface area contributed by atoms with Gasteiger partial charge in [0.15, 0.2) is 0 Å². The molecule has 0 aromatic heterocycles. The largest absolute Gasteiger partial charge is 0.315 e. The van der Waals surface area contributed by atoms with Gasteiger partial charge in [0.25, 0.3) is 0 Å². The Balaban J connectivity index is 0.00000161. The predicted octanol–water partition coefficient (Wildman–Crippen LogP) is 2.38. The molecule has 3 rings (SSSR count). The summed E-state index contributed by atoms with van der Waals surface area (Å²) in [4.78, 5) is 4.87. The second-order valence-corrected chi connectivity index (χ2v) is 6.13. The Hall–Kier alpha value is -0.390. The van der Waals surface area contributed by atoms with E-state index in [0.717, 1.165) is 39.3 Å². The van der Waals surface area contributed by atoms with Gasteiger partial charge in [-0.1, -0.05) is 11.6 Å². The number of hydrogen-bond acceptors (Lipinski definition) is 3.